The molecule has 2 rings (SSSR count). The lowest BCUT2D eigenvalue weighted by Crippen LogP contribution is -2.15. The van der Waals surface area contributed by atoms with E-state index in [0.717, 1.165) is 17.1 Å². The highest BCUT2D eigenvalue weighted by Crippen LogP contribution is 2.28. The lowest BCUT2D eigenvalue weighted by molar-refractivity contribution is 0.145. The van der Waals surface area contributed by atoms with E-state index in [1.807, 2.05) is 42.5 Å². The Balaban J connectivity index is 1.96. The Morgan fingerprint density at radius 3 is 2.48 bits per heavy atom. The fourth-order valence-corrected chi connectivity index (χ4v) is 2.85. The molecule has 3 nitrogen and oxygen atoms in total. The van der Waals surface area contributed by atoms with Crippen LogP contribution in [0.2, 0.25) is 0 Å². The molecule has 0 aliphatic heterocycles. The number of benzene rings is 2. The van der Waals surface area contributed by atoms with Crippen molar-refractivity contribution in [1.29, 1.82) is 0 Å². The van der Waals surface area contributed by atoms with Crippen LogP contribution in [-0.4, -0.2) is 26.1 Å². The molecule has 0 heterocycles. The minimum atomic E-state index is -0.0612. The summed E-state index contributed by atoms with van der Waals surface area (Å²) in [6.07, 6.45) is 0. The van der Waals surface area contributed by atoms with Crippen molar-refractivity contribution in [2.75, 3.05) is 26.1 Å². The Morgan fingerprint density at radius 1 is 1.00 bits per heavy atom. The average molecular weight is 303 g/mol. The van der Waals surface area contributed by atoms with Crippen molar-refractivity contribution in [3.8, 4) is 5.75 Å². The summed E-state index contributed by atoms with van der Waals surface area (Å²) in [4.78, 5) is 1.23. The zero-order chi connectivity index (χ0) is 14.9. The molecule has 0 amide bonds. The van der Waals surface area contributed by atoms with Gasteiger partial charge in [0.15, 0.2) is 0 Å². The minimum Gasteiger partial charge on any atom is -0.491 e. The van der Waals surface area contributed by atoms with E-state index in [-0.39, 0.29) is 6.04 Å². The van der Waals surface area contributed by atoms with Gasteiger partial charge in [-0.2, -0.15) is 0 Å². The van der Waals surface area contributed by atoms with Gasteiger partial charge in [-0.15, -0.1) is 11.8 Å². The number of hydrogen-bond acceptors (Lipinski definition) is 4. The van der Waals surface area contributed by atoms with Crippen LogP contribution in [0.4, 0.5) is 0 Å². The Hall–Kier alpha value is -1.49. The molecule has 4 heteroatoms. The third-order valence-corrected chi connectivity index (χ3v) is 4.17. The largest absolute Gasteiger partial charge is 0.491 e. The van der Waals surface area contributed by atoms with Crippen LogP contribution in [-0.2, 0) is 4.74 Å². The summed E-state index contributed by atoms with van der Waals surface area (Å²) in [5.74, 6) is 1.66. The predicted octanol–water partition coefficient (Wildman–Crippen LogP) is 3.50. The second-order valence-corrected chi connectivity index (χ2v) is 5.70. The van der Waals surface area contributed by atoms with E-state index < -0.39 is 0 Å². The lowest BCUT2D eigenvalue weighted by Gasteiger charge is -2.16. The molecule has 2 N–H and O–H groups in total. The van der Waals surface area contributed by atoms with Gasteiger partial charge >= 0.3 is 0 Å². The van der Waals surface area contributed by atoms with Gasteiger partial charge in [0.2, 0.25) is 0 Å². The average Bonchev–Trinajstić information content (AvgIpc) is 2.54. The van der Waals surface area contributed by atoms with Crippen molar-refractivity contribution in [3.63, 3.8) is 0 Å². The summed E-state index contributed by atoms with van der Waals surface area (Å²) in [5, 5.41) is 0. The molecule has 0 aromatic heterocycles. The third-order valence-electron chi connectivity index (χ3n) is 3.04. The van der Waals surface area contributed by atoms with E-state index >= 15 is 0 Å². The topological polar surface area (TPSA) is 44.5 Å². The van der Waals surface area contributed by atoms with E-state index in [2.05, 4.69) is 12.1 Å². The van der Waals surface area contributed by atoms with Gasteiger partial charge in [-0.3, -0.25) is 0 Å². The molecule has 0 radical (unpaired) electrons. The van der Waals surface area contributed by atoms with Gasteiger partial charge in [0.1, 0.15) is 12.4 Å². The number of rotatable bonds is 8. The zero-order valence-electron chi connectivity index (χ0n) is 12.2. The molecular weight excluding hydrogens is 282 g/mol. The first-order valence-corrected chi connectivity index (χ1v) is 7.94. The SMILES string of the molecule is COCCOc1ccccc1C(N)CSc1ccccc1. The van der Waals surface area contributed by atoms with Gasteiger partial charge in [-0.05, 0) is 18.2 Å². The number of hydrogen-bond donors (Lipinski definition) is 1. The first kappa shape index (κ1) is 15.9. The highest BCUT2D eigenvalue weighted by molar-refractivity contribution is 7.99. The molecule has 2 aromatic carbocycles. The number of thioether (sulfide) groups is 1. The predicted molar refractivity (Wildman–Crippen MR) is 87.9 cm³/mol. The molecular formula is C17H21NO2S. The van der Waals surface area contributed by atoms with Crippen molar-refractivity contribution < 1.29 is 9.47 Å². The standard InChI is InChI=1S/C17H21NO2S/c1-19-11-12-20-17-10-6-5-9-15(17)16(18)13-21-14-7-3-2-4-8-14/h2-10,16H,11-13,18H2,1H3. The van der Waals surface area contributed by atoms with Crippen molar-refractivity contribution >= 4 is 11.8 Å². The summed E-state index contributed by atoms with van der Waals surface area (Å²) >= 11 is 1.76. The molecule has 0 saturated heterocycles. The number of ether oxygens (including phenoxy) is 2. The molecule has 0 saturated carbocycles. The highest BCUT2D eigenvalue weighted by atomic mass is 32.2. The second kappa shape index (κ2) is 8.72. The molecule has 21 heavy (non-hydrogen) atoms. The molecule has 112 valence electrons. The summed E-state index contributed by atoms with van der Waals surface area (Å²) in [7, 11) is 1.66. The van der Waals surface area contributed by atoms with Crippen LogP contribution >= 0.6 is 11.8 Å². The van der Waals surface area contributed by atoms with Crippen LogP contribution in [0.25, 0.3) is 0 Å². The van der Waals surface area contributed by atoms with Crippen LogP contribution in [0.15, 0.2) is 59.5 Å². The first-order chi connectivity index (χ1) is 10.3. The van der Waals surface area contributed by atoms with E-state index in [9.17, 15) is 0 Å². The fourth-order valence-electron chi connectivity index (χ4n) is 1.95. The second-order valence-electron chi connectivity index (χ2n) is 4.61. The number of nitrogens with two attached hydrogens (primary N) is 1. The molecule has 1 atom stereocenters. The smallest absolute Gasteiger partial charge is 0.124 e. The van der Waals surface area contributed by atoms with Crippen LogP contribution in [0.1, 0.15) is 11.6 Å². The lowest BCUT2D eigenvalue weighted by atomic mass is 10.1. The highest BCUT2D eigenvalue weighted by Gasteiger charge is 2.12. The number of methoxy groups -OCH3 is 1. The van der Waals surface area contributed by atoms with Gasteiger partial charge < -0.3 is 15.2 Å². The maximum atomic E-state index is 6.32. The van der Waals surface area contributed by atoms with E-state index in [1.165, 1.54) is 4.90 Å². The van der Waals surface area contributed by atoms with Gasteiger partial charge in [0.05, 0.1) is 6.61 Å². The molecule has 0 bridgehead atoms. The number of para-hydroxylation sites is 1. The van der Waals surface area contributed by atoms with E-state index in [0.29, 0.717) is 13.2 Å². The first-order valence-electron chi connectivity index (χ1n) is 6.95. The van der Waals surface area contributed by atoms with Gasteiger partial charge in [0, 0.05) is 29.4 Å². The summed E-state index contributed by atoms with van der Waals surface area (Å²) in [6.45, 7) is 1.11. The normalized spacial score (nSPS) is 12.1. The molecule has 0 spiro atoms. The minimum absolute atomic E-state index is 0.0612. The maximum absolute atomic E-state index is 6.32. The maximum Gasteiger partial charge on any atom is 0.124 e. The molecule has 0 fully saturated rings. The van der Waals surface area contributed by atoms with E-state index in [4.69, 9.17) is 15.2 Å². The van der Waals surface area contributed by atoms with Crippen LogP contribution in [0.5, 0.6) is 5.75 Å². The van der Waals surface area contributed by atoms with Crippen LogP contribution in [0.3, 0.4) is 0 Å². The van der Waals surface area contributed by atoms with Crippen LogP contribution in [0, 0.1) is 0 Å². The van der Waals surface area contributed by atoms with Gasteiger partial charge in [-0.1, -0.05) is 36.4 Å². The molecule has 2 aromatic rings. The van der Waals surface area contributed by atoms with E-state index in [1.54, 1.807) is 18.9 Å². The fraction of sp³-hybridized carbons (Fsp3) is 0.294. The third kappa shape index (κ3) is 5.08. The Bertz CT molecular complexity index is 533. The Kier molecular flexibility index (Phi) is 6.60. The van der Waals surface area contributed by atoms with Crippen molar-refractivity contribution in [3.05, 3.63) is 60.2 Å². The van der Waals surface area contributed by atoms with Gasteiger partial charge in [0.25, 0.3) is 0 Å². The van der Waals surface area contributed by atoms with Crippen molar-refractivity contribution in [2.45, 2.75) is 10.9 Å². The summed E-state index contributed by atoms with van der Waals surface area (Å²) < 4.78 is 10.7. The monoisotopic (exact) mass is 303 g/mol. The summed E-state index contributed by atoms with van der Waals surface area (Å²) in [5.41, 5.74) is 7.35. The van der Waals surface area contributed by atoms with Crippen molar-refractivity contribution in [1.82, 2.24) is 0 Å². The molecule has 0 aliphatic carbocycles. The van der Waals surface area contributed by atoms with Crippen LogP contribution < -0.4 is 10.5 Å². The Labute approximate surface area is 130 Å². The Morgan fingerprint density at radius 2 is 1.71 bits per heavy atom. The summed E-state index contributed by atoms with van der Waals surface area (Å²) in [6, 6.07) is 18.2. The van der Waals surface area contributed by atoms with Crippen molar-refractivity contribution in [2.24, 2.45) is 5.73 Å². The molecule has 0 aliphatic rings. The molecule has 1 unspecified atom stereocenters. The zero-order valence-corrected chi connectivity index (χ0v) is 13.0. The quantitative estimate of drug-likeness (QED) is 0.599. The van der Waals surface area contributed by atoms with Gasteiger partial charge in [-0.25, -0.2) is 0 Å².